The van der Waals surface area contributed by atoms with Crippen LogP contribution in [0, 0.1) is 5.92 Å². The molecule has 1 heterocycles. The number of hydrogen-bond donors (Lipinski definition) is 1. The summed E-state index contributed by atoms with van der Waals surface area (Å²) in [4.78, 5) is 2.39. The number of rotatable bonds is 3. The molecule has 1 aliphatic heterocycles. The number of hydrogen-bond acceptors (Lipinski definition) is 1. The lowest BCUT2D eigenvalue weighted by Gasteiger charge is -2.34. The van der Waals surface area contributed by atoms with E-state index in [2.05, 4.69) is 17.1 Å². The summed E-state index contributed by atoms with van der Waals surface area (Å²) in [5, 5.41) is 4.57. The van der Waals surface area contributed by atoms with Gasteiger partial charge in [0.1, 0.15) is 0 Å². The quantitative estimate of drug-likeness (QED) is 0.778. The van der Waals surface area contributed by atoms with E-state index < -0.39 is 0 Å². The molecule has 0 aromatic heterocycles. The second kappa shape index (κ2) is 6.58. The van der Waals surface area contributed by atoms with Gasteiger partial charge in [-0.15, -0.1) is 0 Å². The maximum Gasteiger partial charge on any atom is 0.169 e. The molecule has 0 aromatic carbocycles. The number of likely N-dealkylation sites (tertiary alicyclic amines) is 1. The van der Waals surface area contributed by atoms with Crippen LogP contribution in [0.3, 0.4) is 0 Å². The van der Waals surface area contributed by atoms with Gasteiger partial charge >= 0.3 is 0 Å². The Hall–Kier alpha value is -0.310. The SMILES string of the molecule is CCCC1CCN(C(=S)NC2CCCC2)CC1. The highest BCUT2D eigenvalue weighted by Crippen LogP contribution is 2.22. The number of thiocarbonyl (C=S) groups is 1. The van der Waals surface area contributed by atoms with Crippen LogP contribution in [0.5, 0.6) is 0 Å². The Morgan fingerprint density at radius 1 is 1.18 bits per heavy atom. The molecule has 2 nitrogen and oxygen atoms in total. The molecule has 0 atom stereocenters. The van der Waals surface area contributed by atoms with Gasteiger partial charge in [-0.1, -0.05) is 32.6 Å². The summed E-state index contributed by atoms with van der Waals surface area (Å²) in [6.07, 6.45) is 10.8. The maximum absolute atomic E-state index is 5.53. The van der Waals surface area contributed by atoms with Gasteiger partial charge < -0.3 is 10.2 Å². The monoisotopic (exact) mass is 254 g/mol. The van der Waals surface area contributed by atoms with Crippen molar-refractivity contribution in [2.24, 2.45) is 5.92 Å². The second-order valence-electron chi connectivity index (χ2n) is 5.65. The molecule has 3 heteroatoms. The van der Waals surface area contributed by atoms with Crippen LogP contribution in [0.2, 0.25) is 0 Å². The molecule has 17 heavy (non-hydrogen) atoms. The van der Waals surface area contributed by atoms with Crippen molar-refractivity contribution in [3.05, 3.63) is 0 Å². The summed E-state index contributed by atoms with van der Waals surface area (Å²) in [5.74, 6) is 0.950. The molecule has 0 radical (unpaired) electrons. The van der Waals surface area contributed by atoms with E-state index in [1.807, 2.05) is 0 Å². The standard InChI is InChI=1S/C14H26N2S/c1-2-5-12-8-10-16(11-9-12)14(17)15-13-6-3-4-7-13/h12-13H,2-11H2,1H3,(H,15,17). The van der Waals surface area contributed by atoms with Crippen LogP contribution < -0.4 is 5.32 Å². The third-order valence-corrected chi connectivity index (χ3v) is 4.66. The topological polar surface area (TPSA) is 15.3 Å². The average molecular weight is 254 g/mol. The van der Waals surface area contributed by atoms with Crippen molar-refractivity contribution < 1.29 is 0 Å². The molecule has 2 rings (SSSR count). The molecule has 0 bridgehead atoms. The zero-order chi connectivity index (χ0) is 12.1. The summed E-state index contributed by atoms with van der Waals surface area (Å²) in [5.41, 5.74) is 0. The minimum atomic E-state index is 0.663. The smallest absolute Gasteiger partial charge is 0.169 e. The molecule has 0 unspecified atom stereocenters. The highest BCUT2D eigenvalue weighted by molar-refractivity contribution is 7.80. The van der Waals surface area contributed by atoms with Crippen molar-refractivity contribution in [3.8, 4) is 0 Å². The first-order chi connectivity index (χ1) is 8.29. The molecule has 1 aliphatic carbocycles. The Labute approximate surface area is 111 Å². The summed E-state index contributed by atoms with van der Waals surface area (Å²) in [6, 6.07) is 0.663. The van der Waals surface area contributed by atoms with Crippen LogP contribution in [0.15, 0.2) is 0 Å². The van der Waals surface area contributed by atoms with E-state index >= 15 is 0 Å². The van der Waals surface area contributed by atoms with Gasteiger partial charge in [0, 0.05) is 19.1 Å². The zero-order valence-corrected chi connectivity index (χ0v) is 11.9. The van der Waals surface area contributed by atoms with Crippen molar-refractivity contribution in [3.63, 3.8) is 0 Å². The van der Waals surface area contributed by atoms with Gasteiger partial charge in [-0.2, -0.15) is 0 Å². The number of nitrogens with one attached hydrogen (secondary N) is 1. The molecule has 2 fully saturated rings. The Kier molecular flexibility index (Phi) is 5.08. The first-order valence-corrected chi connectivity index (χ1v) is 7.76. The van der Waals surface area contributed by atoms with Crippen molar-refractivity contribution in [2.75, 3.05) is 13.1 Å². The average Bonchev–Trinajstić information content (AvgIpc) is 2.83. The minimum absolute atomic E-state index is 0.663. The molecule has 1 saturated heterocycles. The van der Waals surface area contributed by atoms with Gasteiger partial charge in [0.2, 0.25) is 0 Å². The van der Waals surface area contributed by atoms with Crippen LogP contribution >= 0.6 is 12.2 Å². The predicted molar refractivity (Wildman–Crippen MR) is 77.2 cm³/mol. The third kappa shape index (κ3) is 3.84. The van der Waals surface area contributed by atoms with Gasteiger partial charge in [-0.25, -0.2) is 0 Å². The maximum atomic E-state index is 5.53. The largest absolute Gasteiger partial charge is 0.360 e. The van der Waals surface area contributed by atoms with Crippen LogP contribution in [0.1, 0.15) is 58.3 Å². The lowest BCUT2D eigenvalue weighted by atomic mass is 9.93. The fourth-order valence-corrected chi connectivity index (χ4v) is 3.52. The van der Waals surface area contributed by atoms with Crippen molar-refractivity contribution in [2.45, 2.75) is 64.3 Å². The molecule has 0 spiro atoms. The van der Waals surface area contributed by atoms with Gasteiger partial charge in [-0.3, -0.25) is 0 Å². The molecule has 1 N–H and O–H groups in total. The highest BCUT2D eigenvalue weighted by Gasteiger charge is 2.22. The van der Waals surface area contributed by atoms with Crippen LogP contribution in [-0.4, -0.2) is 29.1 Å². The molecule has 98 valence electrons. The predicted octanol–water partition coefficient (Wildman–Crippen LogP) is 3.32. The summed E-state index contributed by atoms with van der Waals surface area (Å²) < 4.78 is 0. The van der Waals surface area contributed by atoms with Gasteiger partial charge in [-0.05, 0) is 43.8 Å². The molecule has 0 amide bonds. The Bertz CT molecular complexity index is 241. The van der Waals surface area contributed by atoms with E-state index in [0.29, 0.717) is 6.04 Å². The normalized spacial score (nSPS) is 23.0. The summed E-state index contributed by atoms with van der Waals surface area (Å²) >= 11 is 5.53. The van der Waals surface area contributed by atoms with Crippen molar-refractivity contribution in [1.29, 1.82) is 0 Å². The molecule has 0 aromatic rings. The second-order valence-corrected chi connectivity index (χ2v) is 6.04. The van der Waals surface area contributed by atoms with Gasteiger partial charge in [0.15, 0.2) is 5.11 Å². The van der Waals surface area contributed by atoms with E-state index in [-0.39, 0.29) is 0 Å². The van der Waals surface area contributed by atoms with E-state index in [0.717, 1.165) is 11.0 Å². The van der Waals surface area contributed by atoms with E-state index in [9.17, 15) is 0 Å². The summed E-state index contributed by atoms with van der Waals surface area (Å²) in [7, 11) is 0. The Morgan fingerprint density at radius 2 is 1.82 bits per heavy atom. The molecular weight excluding hydrogens is 228 g/mol. The van der Waals surface area contributed by atoms with Crippen molar-refractivity contribution in [1.82, 2.24) is 10.2 Å². The molecule has 2 aliphatic rings. The molecule has 1 saturated carbocycles. The minimum Gasteiger partial charge on any atom is -0.360 e. The lowest BCUT2D eigenvalue weighted by Crippen LogP contribution is -2.47. The number of nitrogens with zero attached hydrogens (tertiary/aromatic N) is 1. The van der Waals surface area contributed by atoms with E-state index in [1.165, 1.54) is 64.5 Å². The van der Waals surface area contributed by atoms with Crippen LogP contribution in [0.25, 0.3) is 0 Å². The third-order valence-electron chi connectivity index (χ3n) is 4.28. The van der Waals surface area contributed by atoms with Gasteiger partial charge in [0.05, 0.1) is 0 Å². The summed E-state index contributed by atoms with van der Waals surface area (Å²) in [6.45, 7) is 4.63. The van der Waals surface area contributed by atoms with Crippen LogP contribution in [-0.2, 0) is 0 Å². The lowest BCUT2D eigenvalue weighted by molar-refractivity contribution is 0.251. The van der Waals surface area contributed by atoms with Crippen LogP contribution in [0.4, 0.5) is 0 Å². The Morgan fingerprint density at radius 3 is 2.41 bits per heavy atom. The fraction of sp³-hybridized carbons (Fsp3) is 0.929. The first kappa shape index (κ1) is 13.1. The van der Waals surface area contributed by atoms with E-state index in [4.69, 9.17) is 12.2 Å². The van der Waals surface area contributed by atoms with Gasteiger partial charge in [0.25, 0.3) is 0 Å². The molecular formula is C14H26N2S. The van der Waals surface area contributed by atoms with E-state index in [1.54, 1.807) is 0 Å². The first-order valence-electron chi connectivity index (χ1n) is 7.35. The highest BCUT2D eigenvalue weighted by atomic mass is 32.1. The Balaban J connectivity index is 1.70. The van der Waals surface area contributed by atoms with Crippen molar-refractivity contribution >= 4 is 17.3 Å². The number of piperidine rings is 1. The fourth-order valence-electron chi connectivity index (χ4n) is 3.17. The zero-order valence-electron chi connectivity index (χ0n) is 11.1.